The van der Waals surface area contributed by atoms with E-state index in [1.165, 1.54) is 12.1 Å². The van der Waals surface area contributed by atoms with Crippen molar-refractivity contribution in [3.63, 3.8) is 0 Å². The first-order chi connectivity index (χ1) is 7.08. The number of rotatable bonds is 4. The maximum Gasteiger partial charge on any atom is 0.404 e. The van der Waals surface area contributed by atoms with Crippen LogP contribution in [0.3, 0.4) is 0 Å². The summed E-state index contributed by atoms with van der Waals surface area (Å²) in [7, 11) is 0. The van der Waals surface area contributed by atoms with E-state index in [1.807, 2.05) is 0 Å². The summed E-state index contributed by atoms with van der Waals surface area (Å²) in [5, 5.41) is 9.39. The van der Waals surface area contributed by atoms with Gasteiger partial charge >= 0.3 is 6.09 Å². The molecule has 1 aromatic rings. The van der Waals surface area contributed by atoms with Crippen LogP contribution in [0.5, 0.6) is 0 Å². The molecule has 5 heteroatoms. The Morgan fingerprint density at radius 3 is 2.60 bits per heavy atom. The Hall–Kier alpha value is -1.62. The molecule has 1 amide bonds. The number of ether oxygens (including phenoxy) is 1. The minimum Gasteiger partial charge on any atom is -0.447 e. The Bertz CT molecular complexity index is 326. The highest BCUT2D eigenvalue weighted by atomic mass is 19.1. The molecule has 1 aromatic carbocycles. The molecule has 1 unspecified atom stereocenters. The third-order valence-electron chi connectivity index (χ3n) is 1.80. The first kappa shape index (κ1) is 11.5. The van der Waals surface area contributed by atoms with E-state index in [-0.39, 0.29) is 18.8 Å². The monoisotopic (exact) mass is 213 g/mol. The molecule has 82 valence electrons. The van der Waals surface area contributed by atoms with Crippen LogP contribution in [0.25, 0.3) is 0 Å². The van der Waals surface area contributed by atoms with Crippen molar-refractivity contribution in [2.24, 2.45) is 5.73 Å². The SMILES string of the molecule is NC(=O)OCC(O)Cc1ccc(F)cc1. The molecule has 0 aliphatic heterocycles. The number of aliphatic hydroxyl groups is 1. The van der Waals surface area contributed by atoms with Crippen molar-refractivity contribution in [1.82, 2.24) is 0 Å². The number of nitrogens with two attached hydrogens (primary N) is 1. The van der Waals surface area contributed by atoms with Crippen LogP contribution < -0.4 is 5.73 Å². The Balaban J connectivity index is 2.40. The third-order valence-corrected chi connectivity index (χ3v) is 1.80. The molecule has 0 fully saturated rings. The Labute approximate surface area is 86.5 Å². The van der Waals surface area contributed by atoms with Gasteiger partial charge in [0, 0.05) is 6.42 Å². The van der Waals surface area contributed by atoms with Crippen molar-refractivity contribution in [2.75, 3.05) is 6.61 Å². The molecule has 3 N–H and O–H groups in total. The number of carbonyl (C=O) groups is 1. The van der Waals surface area contributed by atoms with E-state index in [1.54, 1.807) is 12.1 Å². The van der Waals surface area contributed by atoms with Crippen LogP contribution in [-0.2, 0) is 11.2 Å². The fourth-order valence-corrected chi connectivity index (χ4v) is 1.13. The zero-order valence-corrected chi connectivity index (χ0v) is 8.02. The van der Waals surface area contributed by atoms with Crippen LogP contribution in [-0.4, -0.2) is 23.9 Å². The van der Waals surface area contributed by atoms with Crippen molar-refractivity contribution in [3.8, 4) is 0 Å². The number of primary amides is 1. The van der Waals surface area contributed by atoms with E-state index in [0.29, 0.717) is 0 Å². The average Bonchev–Trinajstić information content (AvgIpc) is 2.19. The molecule has 0 saturated heterocycles. The van der Waals surface area contributed by atoms with Gasteiger partial charge in [-0.05, 0) is 17.7 Å². The van der Waals surface area contributed by atoms with Crippen LogP contribution in [0.15, 0.2) is 24.3 Å². The smallest absolute Gasteiger partial charge is 0.404 e. The molecule has 0 aromatic heterocycles. The van der Waals surface area contributed by atoms with E-state index in [0.717, 1.165) is 5.56 Å². The van der Waals surface area contributed by atoms with Crippen LogP contribution in [0.4, 0.5) is 9.18 Å². The summed E-state index contributed by atoms with van der Waals surface area (Å²) in [5.41, 5.74) is 5.49. The highest BCUT2D eigenvalue weighted by Crippen LogP contribution is 2.06. The summed E-state index contributed by atoms with van der Waals surface area (Å²) in [6, 6.07) is 5.72. The zero-order chi connectivity index (χ0) is 11.3. The lowest BCUT2D eigenvalue weighted by atomic mass is 10.1. The van der Waals surface area contributed by atoms with Gasteiger partial charge in [-0.2, -0.15) is 0 Å². The lowest BCUT2D eigenvalue weighted by molar-refractivity contribution is 0.0732. The number of benzene rings is 1. The number of hydrogen-bond donors (Lipinski definition) is 2. The standard InChI is InChI=1S/C10H12FNO3/c11-8-3-1-7(2-4-8)5-9(13)6-15-10(12)14/h1-4,9,13H,5-6H2,(H2,12,14). The summed E-state index contributed by atoms with van der Waals surface area (Å²) >= 11 is 0. The maximum absolute atomic E-state index is 12.5. The van der Waals surface area contributed by atoms with E-state index in [9.17, 15) is 14.3 Å². The van der Waals surface area contributed by atoms with Gasteiger partial charge in [0.05, 0.1) is 6.10 Å². The number of halogens is 1. The Kier molecular flexibility index (Phi) is 4.05. The first-order valence-corrected chi connectivity index (χ1v) is 4.42. The molecule has 1 atom stereocenters. The number of hydrogen-bond acceptors (Lipinski definition) is 3. The molecule has 4 nitrogen and oxygen atoms in total. The lowest BCUT2D eigenvalue weighted by Crippen LogP contribution is -2.23. The van der Waals surface area contributed by atoms with E-state index in [2.05, 4.69) is 4.74 Å². The molecule has 1 rings (SSSR count). The van der Waals surface area contributed by atoms with Gasteiger partial charge in [-0.15, -0.1) is 0 Å². The molecule has 15 heavy (non-hydrogen) atoms. The second-order valence-electron chi connectivity index (χ2n) is 3.11. The van der Waals surface area contributed by atoms with E-state index < -0.39 is 12.2 Å². The topological polar surface area (TPSA) is 72.6 Å². The molecule has 0 heterocycles. The van der Waals surface area contributed by atoms with Crippen molar-refractivity contribution in [3.05, 3.63) is 35.6 Å². The quantitative estimate of drug-likeness (QED) is 0.777. The van der Waals surface area contributed by atoms with Crippen molar-refractivity contribution in [1.29, 1.82) is 0 Å². The Morgan fingerprint density at radius 1 is 1.47 bits per heavy atom. The predicted molar refractivity (Wildman–Crippen MR) is 51.6 cm³/mol. The molecule has 0 bridgehead atoms. The van der Waals surface area contributed by atoms with Crippen molar-refractivity contribution in [2.45, 2.75) is 12.5 Å². The second-order valence-corrected chi connectivity index (χ2v) is 3.11. The highest BCUT2D eigenvalue weighted by molar-refractivity contribution is 5.64. The first-order valence-electron chi connectivity index (χ1n) is 4.42. The largest absolute Gasteiger partial charge is 0.447 e. The zero-order valence-electron chi connectivity index (χ0n) is 8.02. The van der Waals surface area contributed by atoms with Gasteiger partial charge in [0.15, 0.2) is 0 Å². The van der Waals surface area contributed by atoms with Gasteiger partial charge in [0.2, 0.25) is 0 Å². The highest BCUT2D eigenvalue weighted by Gasteiger charge is 2.07. The van der Waals surface area contributed by atoms with Crippen LogP contribution in [0.2, 0.25) is 0 Å². The van der Waals surface area contributed by atoms with Gasteiger partial charge in [-0.1, -0.05) is 12.1 Å². The van der Waals surface area contributed by atoms with Gasteiger partial charge in [-0.3, -0.25) is 0 Å². The molecule has 0 radical (unpaired) electrons. The minimum absolute atomic E-state index is 0.160. The predicted octanol–water partition coefficient (Wildman–Crippen LogP) is 0.824. The minimum atomic E-state index is -0.923. The molecular formula is C10H12FNO3. The number of amides is 1. The van der Waals surface area contributed by atoms with Crippen molar-refractivity contribution >= 4 is 6.09 Å². The molecule has 0 aliphatic carbocycles. The van der Waals surface area contributed by atoms with Crippen LogP contribution >= 0.6 is 0 Å². The molecular weight excluding hydrogens is 201 g/mol. The fourth-order valence-electron chi connectivity index (χ4n) is 1.13. The summed E-state index contributed by atoms with van der Waals surface area (Å²) in [4.78, 5) is 10.2. The third kappa shape index (κ3) is 4.42. The number of carbonyl (C=O) groups excluding carboxylic acids is 1. The maximum atomic E-state index is 12.5. The molecule has 0 spiro atoms. The van der Waals surface area contributed by atoms with Gasteiger partial charge in [-0.25, -0.2) is 9.18 Å². The summed E-state index contributed by atoms with van der Waals surface area (Å²) in [6.07, 6.45) is -1.47. The second kappa shape index (κ2) is 5.31. The lowest BCUT2D eigenvalue weighted by Gasteiger charge is -2.09. The average molecular weight is 213 g/mol. The van der Waals surface area contributed by atoms with E-state index in [4.69, 9.17) is 5.73 Å². The molecule has 0 saturated carbocycles. The fraction of sp³-hybridized carbons (Fsp3) is 0.300. The summed E-state index contributed by atoms with van der Waals surface area (Å²) < 4.78 is 16.9. The van der Waals surface area contributed by atoms with Crippen LogP contribution in [0.1, 0.15) is 5.56 Å². The summed E-state index contributed by atoms with van der Waals surface area (Å²) in [6.45, 7) is -0.160. The van der Waals surface area contributed by atoms with Gasteiger partial charge in [0.25, 0.3) is 0 Å². The van der Waals surface area contributed by atoms with Crippen molar-refractivity contribution < 1.29 is 19.0 Å². The van der Waals surface area contributed by atoms with Gasteiger partial charge < -0.3 is 15.6 Å². The normalized spacial score (nSPS) is 12.1. The van der Waals surface area contributed by atoms with E-state index >= 15 is 0 Å². The number of aliphatic hydroxyl groups excluding tert-OH is 1. The summed E-state index contributed by atoms with van der Waals surface area (Å²) in [5.74, 6) is -0.332. The molecule has 0 aliphatic rings. The van der Waals surface area contributed by atoms with Crippen LogP contribution in [0, 0.1) is 5.82 Å². The Morgan fingerprint density at radius 2 is 2.07 bits per heavy atom. The van der Waals surface area contributed by atoms with Gasteiger partial charge in [0.1, 0.15) is 12.4 Å².